The number of hydrogen-bond donors (Lipinski definition) is 2. The molecule has 0 aliphatic carbocycles. The molecule has 0 aliphatic rings. The summed E-state index contributed by atoms with van der Waals surface area (Å²) in [7, 11) is 0. The standard InChI is InChI=1S/C16H15N3O4/c20-15(23-14-4-2-1-3-5-14)11-17-16(21)19-13-8-6-12(7-9-13)10-18-22/h1-9H,10-11H2,(H2,17,19,21). The van der Waals surface area contributed by atoms with E-state index >= 15 is 0 Å². The van der Waals surface area contributed by atoms with Gasteiger partial charge in [-0.15, -0.1) is 0 Å². The monoisotopic (exact) mass is 313 g/mol. The number of hydrogen-bond acceptors (Lipinski definition) is 5. The highest BCUT2D eigenvalue weighted by Crippen LogP contribution is 2.10. The van der Waals surface area contributed by atoms with Gasteiger partial charge in [-0.2, -0.15) is 4.91 Å². The molecular weight excluding hydrogens is 298 g/mol. The summed E-state index contributed by atoms with van der Waals surface area (Å²) in [6.07, 6.45) is 0. The van der Waals surface area contributed by atoms with Gasteiger partial charge in [-0.05, 0) is 29.8 Å². The molecule has 0 saturated heterocycles. The number of ether oxygens (including phenoxy) is 1. The average Bonchev–Trinajstić information content (AvgIpc) is 2.56. The molecule has 0 unspecified atom stereocenters. The van der Waals surface area contributed by atoms with Crippen LogP contribution in [0.4, 0.5) is 10.5 Å². The SMILES string of the molecule is O=NCc1ccc(NC(=O)NCC(=O)Oc2ccccc2)cc1. The third kappa shape index (κ3) is 5.58. The summed E-state index contributed by atoms with van der Waals surface area (Å²) in [5, 5.41) is 7.74. The summed E-state index contributed by atoms with van der Waals surface area (Å²) in [5.41, 5.74) is 1.28. The number of para-hydroxylation sites is 1. The highest BCUT2D eigenvalue weighted by molar-refractivity contribution is 5.91. The quantitative estimate of drug-likeness (QED) is 0.487. The van der Waals surface area contributed by atoms with Crippen molar-refractivity contribution in [3.63, 3.8) is 0 Å². The molecule has 0 bridgehead atoms. The minimum Gasteiger partial charge on any atom is -0.425 e. The third-order valence-corrected chi connectivity index (χ3v) is 2.83. The molecule has 0 aliphatic heterocycles. The summed E-state index contributed by atoms with van der Waals surface area (Å²) in [6, 6.07) is 14.7. The predicted octanol–water partition coefficient (Wildman–Crippen LogP) is 2.68. The minimum absolute atomic E-state index is 0.0812. The van der Waals surface area contributed by atoms with Gasteiger partial charge >= 0.3 is 12.0 Å². The van der Waals surface area contributed by atoms with Crippen molar-refractivity contribution in [2.75, 3.05) is 11.9 Å². The van der Waals surface area contributed by atoms with Crippen LogP contribution >= 0.6 is 0 Å². The molecule has 2 aromatic rings. The van der Waals surface area contributed by atoms with E-state index in [1.54, 1.807) is 54.6 Å². The zero-order valence-corrected chi connectivity index (χ0v) is 12.2. The number of benzene rings is 2. The Kier molecular flexibility index (Phi) is 5.81. The van der Waals surface area contributed by atoms with Gasteiger partial charge in [-0.25, -0.2) is 9.59 Å². The van der Waals surface area contributed by atoms with Crippen LogP contribution in [0.15, 0.2) is 59.8 Å². The van der Waals surface area contributed by atoms with E-state index in [0.29, 0.717) is 11.4 Å². The first-order chi connectivity index (χ1) is 11.2. The van der Waals surface area contributed by atoms with E-state index in [-0.39, 0.29) is 13.1 Å². The van der Waals surface area contributed by atoms with E-state index in [1.165, 1.54) is 0 Å². The molecule has 0 heterocycles. The van der Waals surface area contributed by atoms with E-state index in [4.69, 9.17) is 4.74 Å². The average molecular weight is 313 g/mol. The molecule has 0 aromatic heterocycles. The molecule has 23 heavy (non-hydrogen) atoms. The van der Waals surface area contributed by atoms with E-state index in [2.05, 4.69) is 15.8 Å². The maximum Gasteiger partial charge on any atom is 0.330 e. The third-order valence-electron chi connectivity index (χ3n) is 2.83. The summed E-state index contributed by atoms with van der Waals surface area (Å²) in [6.45, 7) is -0.175. The molecule has 2 amide bonds. The van der Waals surface area contributed by atoms with Gasteiger partial charge in [-0.3, -0.25) is 0 Å². The molecule has 0 radical (unpaired) electrons. The largest absolute Gasteiger partial charge is 0.425 e. The van der Waals surface area contributed by atoms with E-state index in [0.717, 1.165) is 5.56 Å². The van der Waals surface area contributed by atoms with E-state index < -0.39 is 12.0 Å². The van der Waals surface area contributed by atoms with Crippen LogP contribution in [0.25, 0.3) is 0 Å². The fourth-order valence-electron chi connectivity index (χ4n) is 1.75. The van der Waals surface area contributed by atoms with Gasteiger partial charge in [-0.1, -0.05) is 35.5 Å². The van der Waals surface area contributed by atoms with E-state index in [9.17, 15) is 14.5 Å². The summed E-state index contributed by atoms with van der Waals surface area (Å²) in [4.78, 5) is 33.4. The van der Waals surface area contributed by atoms with Crippen LogP contribution in [0.1, 0.15) is 5.56 Å². The number of carbonyl (C=O) groups excluding carboxylic acids is 2. The van der Waals surface area contributed by atoms with Gasteiger partial charge in [0.1, 0.15) is 18.8 Å². The van der Waals surface area contributed by atoms with E-state index in [1.807, 2.05) is 0 Å². The highest BCUT2D eigenvalue weighted by Gasteiger charge is 2.07. The smallest absolute Gasteiger partial charge is 0.330 e. The van der Waals surface area contributed by atoms with Gasteiger partial charge in [0.05, 0.1) is 0 Å². The molecule has 118 valence electrons. The lowest BCUT2D eigenvalue weighted by molar-refractivity contribution is -0.133. The Morgan fingerprint density at radius 1 is 1.00 bits per heavy atom. The first kappa shape index (κ1) is 16.2. The van der Waals surface area contributed by atoms with Crippen molar-refractivity contribution in [2.45, 2.75) is 6.54 Å². The second-order valence-corrected chi connectivity index (χ2v) is 4.58. The van der Waals surface area contributed by atoms with Crippen LogP contribution in [-0.2, 0) is 11.3 Å². The Hall–Kier alpha value is -3.22. The molecule has 0 saturated carbocycles. The molecule has 0 atom stereocenters. The zero-order valence-electron chi connectivity index (χ0n) is 12.2. The van der Waals surface area contributed by atoms with Gasteiger partial charge in [0.15, 0.2) is 0 Å². The number of rotatable bonds is 6. The summed E-state index contributed by atoms with van der Waals surface area (Å²) >= 11 is 0. The van der Waals surface area contributed by atoms with Crippen molar-refractivity contribution in [3.8, 4) is 5.75 Å². The predicted molar refractivity (Wildman–Crippen MR) is 85.0 cm³/mol. The van der Waals surface area contributed by atoms with Crippen LogP contribution < -0.4 is 15.4 Å². The first-order valence-electron chi connectivity index (χ1n) is 6.86. The van der Waals surface area contributed by atoms with Crippen LogP contribution in [0.5, 0.6) is 5.75 Å². The number of anilines is 1. The molecule has 0 spiro atoms. The number of nitrogens with zero attached hydrogens (tertiary/aromatic N) is 1. The number of nitrogens with one attached hydrogen (secondary N) is 2. The Morgan fingerprint density at radius 3 is 2.35 bits per heavy atom. The van der Waals surface area contributed by atoms with Crippen molar-refractivity contribution < 1.29 is 14.3 Å². The van der Waals surface area contributed by atoms with Crippen molar-refractivity contribution in [1.29, 1.82) is 0 Å². The van der Waals surface area contributed by atoms with Gasteiger partial charge in [0.25, 0.3) is 0 Å². The lowest BCUT2D eigenvalue weighted by Crippen LogP contribution is -2.35. The number of nitroso groups, excluding NO2 is 1. The van der Waals surface area contributed by atoms with Crippen molar-refractivity contribution in [2.24, 2.45) is 5.18 Å². The van der Waals surface area contributed by atoms with Gasteiger partial charge in [0.2, 0.25) is 0 Å². The topological polar surface area (TPSA) is 96.9 Å². The molecule has 2 aromatic carbocycles. The number of amides is 2. The number of carbonyl (C=O) groups is 2. The Morgan fingerprint density at radius 2 is 1.70 bits per heavy atom. The Bertz CT molecular complexity index is 671. The van der Waals surface area contributed by atoms with Crippen molar-refractivity contribution in [3.05, 3.63) is 65.1 Å². The fraction of sp³-hybridized carbons (Fsp3) is 0.125. The first-order valence-corrected chi connectivity index (χ1v) is 6.86. The van der Waals surface area contributed by atoms with Crippen LogP contribution in [-0.4, -0.2) is 18.5 Å². The lowest BCUT2D eigenvalue weighted by atomic mass is 10.2. The summed E-state index contributed by atoms with van der Waals surface area (Å²) in [5.74, 6) is -0.155. The maximum atomic E-state index is 11.7. The second kappa shape index (κ2) is 8.28. The molecule has 0 fully saturated rings. The Balaban J connectivity index is 1.76. The van der Waals surface area contributed by atoms with Crippen LogP contribution in [0.2, 0.25) is 0 Å². The number of urea groups is 1. The van der Waals surface area contributed by atoms with Crippen molar-refractivity contribution >= 4 is 17.7 Å². The maximum absolute atomic E-state index is 11.7. The lowest BCUT2D eigenvalue weighted by Gasteiger charge is -2.08. The molecule has 7 nitrogen and oxygen atoms in total. The Labute approximate surface area is 132 Å². The number of esters is 1. The zero-order chi connectivity index (χ0) is 16.5. The van der Waals surface area contributed by atoms with Crippen LogP contribution in [0, 0.1) is 4.91 Å². The normalized spacial score (nSPS) is 9.74. The van der Waals surface area contributed by atoms with Gasteiger partial charge < -0.3 is 15.4 Å². The van der Waals surface area contributed by atoms with Gasteiger partial charge in [0, 0.05) is 5.69 Å². The minimum atomic E-state index is -0.571. The summed E-state index contributed by atoms with van der Waals surface area (Å²) < 4.78 is 5.04. The van der Waals surface area contributed by atoms with Crippen molar-refractivity contribution in [1.82, 2.24) is 5.32 Å². The molecule has 2 N–H and O–H groups in total. The highest BCUT2D eigenvalue weighted by atomic mass is 16.5. The van der Waals surface area contributed by atoms with Crippen LogP contribution in [0.3, 0.4) is 0 Å². The molecule has 2 rings (SSSR count). The fourth-order valence-corrected chi connectivity index (χ4v) is 1.75. The molecular formula is C16H15N3O4. The molecule has 7 heteroatoms. The second-order valence-electron chi connectivity index (χ2n) is 4.58.